The minimum atomic E-state index is -0.824. The van der Waals surface area contributed by atoms with Crippen LogP contribution in [0.3, 0.4) is 0 Å². The number of carbonyl (C=O) groups excluding carboxylic acids is 1. The van der Waals surface area contributed by atoms with E-state index in [-0.39, 0.29) is 46.8 Å². The van der Waals surface area contributed by atoms with Crippen LogP contribution in [0.5, 0.6) is 0 Å². The summed E-state index contributed by atoms with van der Waals surface area (Å²) in [6.45, 7) is 0.209. The van der Waals surface area contributed by atoms with E-state index in [0.717, 1.165) is 5.56 Å². The van der Waals surface area contributed by atoms with E-state index in [1.165, 1.54) is 35.1 Å². The molecule has 2 N–H and O–H groups in total. The number of hydrogen-bond acceptors (Lipinski definition) is 4. The highest BCUT2D eigenvalue weighted by Gasteiger charge is 2.36. The number of ether oxygens (including phenoxy) is 1. The summed E-state index contributed by atoms with van der Waals surface area (Å²) >= 11 is 3.11. The third-order valence-electron chi connectivity index (χ3n) is 5.53. The number of carbonyl (C=O) groups is 1. The number of halogens is 2. The quantitative estimate of drug-likeness (QED) is 0.355. The monoisotopic (exact) mass is 524 g/mol. The van der Waals surface area contributed by atoms with Crippen LogP contribution in [0.15, 0.2) is 83.4 Å². The molecule has 8 heteroatoms. The number of rotatable bonds is 6. The molecule has 1 saturated heterocycles. The molecule has 5 rings (SSSR count). The summed E-state index contributed by atoms with van der Waals surface area (Å²) in [5.74, 6) is -0.643. The van der Waals surface area contributed by atoms with Crippen molar-refractivity contribution in [2.75, 3.05) is 18.9 Å². The lowest BCUT2D eigenvalue weighted by Crippen LogP contribution is -2.30. The van der Waals surface area contributed by atoms with E-state index in [2.05, 4.69) is 21.0 Å². The van der Waals surface area contributed by atoms with Gasteiger partial charge in [0, 0.05) is 34.0 Å². The fourth-order valence-corrected chi connectivity index (χ4v) is 4.01. The highest BCUT2D eigenvalue weighted by atomic mass is 79.9. The van der Waals surface area contributed by atoms with E-state index >= 15 is 0 Å². The normalized spacial score (nSPS) is 17.4. The molecule has 1 unspecified atom stereocenters. The van der Waals surface area contributed by atoms with Crippen LogP contribution < -0.4 is 5.73 Å². The number of nitrogens with two attached hydrogens (primary N) is 1. The Kier molecular flexibility index (Phi) is 4.95. The van der Waals surface area contributed by atoms with E-state index in [0.29, 0.717) is 35.5 Å². The first-order valence-corrected chi connectivity index (χ1v) is 11.3. The maximum absolute atomic E-state index is 13.7. The van der Waals surface area contributed by atoms with Crippen LogP contribution in [0, 0.1) is 5.82 Å². The van der Waals surface area contributed by atoms with Crippen LogP contribution in [0.2, 0.25) is 0 Å². The molecule has 0 saturated carbocycles. The van der Waals surface area contributed by atoms with E-state index in [4.69, 9.17) is 16.0 Å². The maximum Gasteiger partial charge on any atom is 0.250 e. The molecule has 0 radical (unpaired) electrons. The first-order valence-electron chi connectivity index (χ1n) is 12.5. The number of benzene rings is 3. The predicted octanol–water partition coefficient (Wildman–Crippen LogP) is 5.12. The van der Waals surface area contributed by atoms with Crippen LogP contribution in [0.25, 0.3) is 16.9 Å². The Labute approximate surface area is 210 Å². The van der Waals surface area contributed by atoms with Crippen LogP contribution in [0.4, 0.5) is 10.1 Å². The van der Waals surface area contributed by atoms with Gasteiger partial charge in [0.25, 0.3) is 5.91 Å². The minimum Gasteiger partial charge on any atom is -0.399 e. The Bertz CT molecular complexity index is 1500. The highest BCUT2D eigenvalue weighted by Crippen LogP contribution is 2.35. The molecule has 172 valence electrons. The lowest BCUT2D eigenvalue weighted by molar-refractivity contribution is -0.128. The zero-order chi connectivity index (χ0) is 27.1. The number of aromatic nitrogens is 2. The van der Waals surface area contributed by atoms with Crippen molar-refractivity contribution in [3.63, 3.8) is 0 Å². The van der Waals surface area contributed by atoms with Crippen molar-refractivity contribution in [2.24, 2.45) is 0 Å². The summed E-state index contributed by atoms with van der Waals surface area (Å²) in [6, 6.07) is 11.9. The Morgan fingerprint density at radius 1 is 1.12 bits per heavy atom. The first-order chi connectivity index (χ1) is 18.2. The molecule has 0 spiro atoms. The van der Waals surface area contributed by atoms with Gasteiger partial charge in [0.05, 0.1) is 11.2 Å². The van der Waals surface area contributed by atoms with Gasteiger partial charge in [-0.05, 0) is 72.6 Å². The molecular formula is C26H22BrFN4O2. The zero-order valence-electron chi connectivity index (χ0n) is 21.9. The van der Waals surface area contributed by atoms with Gasteiger partial charge >= 0.3 is 0 Å². The molecule has 1 amide bonds. The van der Waals surface area contributed by atoms with Crippen LogP contribution in [-0.4, -0.2) is 33.7 Å². The predicted molar refractivity (Wildman–Crippen MR) is 132 cm³/mol. The average Bonchev–Trinajstić information content (AvgIpc) is 3.50. The molecule has 1 aliphatic heterocycles. The zero-order valence-corrected chi connectivity index (χ0v) is 19.5. The number of hydrogen-bond donors (Lipinski definition) is 1. The van der Waals surface area contributed by atoms with Gasteiger partial charge < -0.3 is 15.4 Å². The molecule has 3 aromatic carbocycles. The van der Waals surface area contributed by atoms with Crippen molar-refractivity contribution in [3.8, 4) is 16.9 Å². The number of amides is 1. The standard InChI is InChI=1S/C26H22BrFN4O2/c27-19-5-11-22(12-6-19)32-15-23(25(30-32)18-3-7-20(28)8-4-18)26-31(24(33)16-34-26)14-13-17-1-9-21(29)10-2-17/h1-12,15,26H,13-14,16,29H2/i5D,6D,11D,12D. The summed E-state index contributed by atoms with van der Waals surface area (Å²) in [4.78, 5) is 14.4. The van der Waals surface area contributed by atoms with Gasteiger partial charge in [0.1, 0.15) is 18.1 Å². The SMILES string of the molecule is [2H]c1c([2H])c(-n2cc(C3OCC(=O)N3CCc3ccc(N)cc3)c(-c3ccc(F)cc3)n2)c([2H])c([2H])c1Br. The summed E-state index contributed by atoms with van der Waals surface area (Å²) in [5, 5.41) is 4.59. The Balaban J connectivity index is 1.59. The third kappa shape index (κ3) is 4.60. The average molecular weight is 525 g/mol. The Morgan fingerprint density at radius 2 is 1.82 bits per heavy atom. The lowest BCUT2D eigenvalue weighted by Gasteiger charge is -2.23. The molecule has 2 heterocycles. The van der Waals surface area contributed by atoms with Crippen molar-refractivity contribution < 1.29 is 19.4 Å². The van der Waals surface area contributed by atoms with Crippen molar-refractivity contribution in [2.45, 2.75) is 12.6 Å². The summed E-state index contributed by atoms with van der Waals surface area (Å²) in [7, 11) is 0. The maximum atomic E-state index is 13.7. The van der Waals surface area contributed by atoms with Gasteiger partial charge in [-0.25, -0.2) is 9.07 Å². The Morgan fingerprint density at radius 3 is 2.53 bits per heavy atom. The fourth-order valence-electron chi connectivity index (χ4n) is 3.81. The van der Waals surface area contributed by atoms with E-state index in [1.807, 2.05) is 12.1 Å². The van der Waals surface area contributed by atoms with Crippen LogP contribution in [-0.2, 0) is 16.0 Å². The highest BCUT2D eigenvalue weighted by molar-refractivity contribution is 9.10. The van der Waals surface area contributed by atoms with Crippen LogP contribution >= 0.6 is 15.9 Å². The van der Waals surface area contributed by atoms with E-state index in [1.54, 1.807) is 17.0 Å². The van der Waals surface area contributed by atoms with Crippen molar-refractivity contribution in [1.82, 2.24) is 14.7 Å². The first kappa shape index (κ1) is 17.9. The molecular weight excluding hydrogens is 499 g/mol. The van der Waals surface area contributed by atoms with Crippen molar-refractivity contribution >= 4 is 27.5 Å². The molecule has 1 aliphatic rings. The summed E-state index contributed by atoms with van der Waals surface area (Å²) < 4.78 is 54.2. The molecule has 0 bridgehead atoms. The second-order valence-electron chi connectivity index (χ2n) is 7.79. The van der Waals surface area contributed by atoms with E-state index < -0.39 is 12.0 Å². The molecule has 1 fully saturated rings. The number of nitrogens with zero attached hydrogens (tertiary/aromatic N) is 3. The van der Waals surface area contributed by atoms with Gasteiger partial charge in [-0.1, -0.05) is 28.1 Å². The Hall–Kier alpha value is -3.49. The molecule has 1 aromatic heterocycles. The molecule has 34 heavy (non-hydrogen) atoms. The summed E-state index contributed by atoms with van der Waals surface area (Å²) in [6.07, 6.45) is 1.27. The third-order valence-corrected chi connectivity index (χ3v) is 5.92. The fraction of sp³-hybridized carbons (Fsp3) is 0.154. The lowest BCUT2D eigenvalue weighted by atomic mass is 10.1. The van der Waals surface area contributed by atoms with Gasteiger partial charge in [-0.3, -0.25) is 4.79 Å². The van der Waals surface area contributed by atoms with Crippen molar-refractivity contribution in [3.05, 3.63) is 100 Å². The minimum absolute atomic E-state index is 0.0425. The number of anilines is 1. The molecule has 1 atom stereocenters. The second kappa shape index (κ2) is 9.40. The van der Waals surface area contributed by atoms with E-state index in [9.17, 15) is 9.18 Å². The smallest absolute Gasteiger partial charge is 0.250 e. The van der Waals surface area contributed by atoms with Gasteiger partial charge in [0.2, 0.25) is 0 Å². The second-order valence-corrected chi connectivity index (χ2v) is 8.58. The summed E-state index contributed by atoms with van der Waals surface area (Å²) in [5.41, 5.74) is 8.72. The molecule has 4 aromatic rings. The molecule has 0 aliphatic carbocycles. The van der Waals surface area contributed by atoms with Gasteiger partial charge in [-0.2, -0.15) is 5.10 Å². The van der Waals surface area contributed by atoms with Crippen molar-refractivity contribution in [1.29, 1.82) is 0 Å². The van der Waals surface area contributed by atoms with Crippen LogP contribution in [0.1, 0.15) is 22.8 Å². The molecule has 6 nitrogen and oxygen atoms in total. The largest absolute Gasteiger partial charge is 0.399 e. The topological polar surface area (TPSA) is 73.4 Å². The van der Waals surface area contributed by atoms with Gasteiger partial charge in [0.15, 0.2) is 6.23 Å². The van der Waals surface area contributed by atoms with Gasteiger partial charge in [-0.15, -0.1) is 0 Å². The number of nitrogen functional groups attached to an aromatic ring is 1.